The number of carbonyl (C=O) groups is 1. The molecule has 4 nitrogen and oxygen atoms in total. The fourth-order valence-corrected chi connectivity index (χ4v) is 1.95. The van der Waals surface area contributed by atoms with Gasteiger partial charge in [0.25, 0.3) is 5.91 Å². The molecule has 3 N–H and O–H groups in total. The number of hydrogen-bond donors (Lipinski definition) is 2. The molecule has 0 aliphatic carbocycles. The average Bonchev–Trinajstić information content (AvgIpc) is 2.69. The van der Waals surface area contributed by atoms with Crippen molar-refractivity contribution in [2.24, 2.45) is 7.05 Å². The summed E-state index contributed by atoms with van der Waals surface area (Å²) in [4.78, 5) is 12.1. The normalized spacial score (nSPS) is 10.3. The van der Waals surface area contributed by atoms with Crippen LogP contribution in [0.2, 0.25) is 0 Å². The Bertz CT molecular complexity index is 572. The fraction of sp³-hybridized carbons (Fsp3) is 0.214. The van der Waals surface area contributed by atoms with Crippen molar-refractivity contribution in [2.45, 2.75) is 13.3 Å². The number of nitrogens with one attached hydrogen (secondary N) is 1. The maximum Gasteiger partial charge on any atom is 0.272 e. The Morgan fingerprint density at radius 1 is 1.39 bits per heavy atom. The monoisotopic (exact) mass is 243 g/mol. The molecular formula is C14H17N3O. The number of carbonyl (C=O) groups excluding carboxylic acids is 1. The minimum atomic E-state index is -0.143. The highest BCUT2D eigenvalue weighted by atomic mass is 16.1. The molecule has 1 aromatic heterocycles. The van der Waals surface area contributed by atoms with Crippen molar-refractivity contribution in [3.8, 4) is 0 Å². The summed E-state index contributed by atoms with van der Waals surface area (Å²) < 4.78 is 1.72. The predicted octanol–water partition coefficient (Wildman–Crippen LogP) is 2.42. The Labute approximate surface area is 106 Å². The first-order valence-corrected chi connectivity index (χ1v) is 5.93. The van der Waals surface area contributed by atoms with Gasteiger partial charge in [-0.05, 0) is 24.1 Å². The van der Waals surface area contributed by atoms with E-state index in [0.717, 1.165) is 17.7 Å². The largest absolute Gasteiger partial charge is 0.397 e. The number of aryl methyl sites for hydroxylation is 2. The summed E-state index contributed by atoms with van der Waals surface area (Å²) in [6.45, 7) is 2.06. The maximum atomic E-state index is 12.1. The summed E-state index contributed by atoms with van der Waals surface area (Å²) in [6, 6.07) is 9.46. The number of aromatic nitrogens is 1. The van der Waals surface area contributed by atoms with E-state index in [0.29, 0.717) is 11.4 Å². The molecule has 0 bridgehead atoms. The summed E-state index contributed by atoms with van der Waals surface area (Å²) in [5, 5.41) is 2.92. The molecule has 2 rings (SSSR count). The number of hydrogen-bond acceptors (Lipinski definition) is 2. The number of benzene rings is 1. The molecule has 1 aromatic carbocycles. The molecule has 0 spiro atoms. The van der Waals surface area contributed by atoms with Gasteiger partial charge in [-0.2, -0.15) is 0 Å². The molecule has 0 saturated carbocycles. The van der Waals surface area contributed by atoms with E-state index in [-0.39, 0.29) is 5.91 Å². The van der Waals surface area contributed by atoms with Gasteiger partial charge in [-0.25, -0.2) is 0 Å². The number of amides is 1. The third-order valence-electron chi connectivity index (χ3n) is 2.91. The molecule has 0 aliphatic rings. The highest BCUT2D eigenvalue weighted by molar-refractivity contribution is 6.04. The fourth-order valence-electron chi connectivity index (χ4n) is 1.95. The topological polar surface area (TPSA) is 60.1 Å². The molecule has 0 unspecified atom stereocenters. The second-order valence-electron chi connectivity index (χ2n) is 4.23. The predicted molar refractivity (Wildman–Crippen MR) is 73.6 cm³/mol. The third-order valence-corrected chi connectivity index (χ3v) is 2.91. The molecular weight excluding hydrogens is 226 g/mol. The van der Waals surface area contributed by atoms with Gasteiger partial charge >= 0.3 is 0 Å². The van der Waals surface area contributed by atoms with Gasteiger partial charge in [-0.15, -0.1) is 0 Å². The van der Waals surface area contributed by atoms with Gasteiger partial charge in [0.05, 0.1) is 5.69 Å². The van der Waals surface area contributed by atoms with E-state index in [9.17, 15) is 4.79 Å². The first-order chi connectivity index (χ1) is 8.61. The second kappa shape index (κ2) is 4.96. The lowest BCUT2D eigenvalue weighted by Crippen LogP contribution is -2.16. The number of para-hydroxylation sites is 1. The average molecular weight is 243 g/mol. The van der Waals surface area contributed by atoms with Gasteiger partial charge in [0.1, 0.15) is 5.69 Å². The van der Waals surface area contributed by atoms with Crippen molar-refractivity contribution in [3.05, 3.63) is 47.8 Å². The van der Waals surface area contributed by atoms with E-state index in [4.69, 9.17) is 5.73 Å². The molecule has 1 amide bonds. The minimum absolute atomic E-state index is 0.143. The van der Waals surface area contributed by atoms with Crippen molar-refractivity contribution in [1.82, 2.24) is 4.57 Å². The van der Waals surface area contributed by atoms with Crippen LogP contribution in [0.4, 0.5) is 11.4 Å². The van der Waals surface area contributed by atoms with Crippen LogP contribution in [-0.4, -0.2) is 10.5 Å². The molecule has 0 fully saturated rings. The van der Waals surface area contributed by atoms with Crippen LogP contribution >= 0.6 is 0 Å². The Balaban J connectivity index is 2.24. The van der Waals surface area contributed by atoms with Crippen LogP contribution in [-0.2, 0) is 13.5 Å². The standard InChI is InChI=1S/C14H17N3O/c1-3-10-6-4-5-7-12(10)16-14(18)13-8-11(15)9-17(13)2/h4-9H,3,15H2,1-2H3,(H,16,18). The Morgan fingerprint density at radius 3 is 2.72 bits per heavy atom. The molecule has 2 aromatic rings. The van der Waals surface area contributed by atoms with Gasteiger partial charge in [0.2, 0.25) is 0 Å². The molecule has 0 saturated heterocycles. The zero-order valence-electron chi connectivity index (χ0n) is 10.6. The molecule has 0 aliphatic heterocycles. The van der Waals surface area contributed by atoms with Crippen molar-refractivity contribution in [3.63, 3.8) is 0 Å². The second-order valence-corrected chi connectivity index (χ2v) is 4.23. The zero-order valence-corrected chi connectivity index (χ0v) is 10.6. The highest BCUT2D eigenvalue weighted by Gasteiger charge is 2.12. The van der Waals surface area contributed by atoms with Crippen LogP contribution in [0.5, 0.6) is 0 Å². The third kappa shape index (κ3) is 2.37. The van der Waals surface area contributed by atoms with Crippen LogP contribution < -0.4 is 11.1 Å². The molecule has 0 atom stereocenters. The van der Waals surface area contributed by atoms with Gasteiger partial charge in [0.15, 0.2) is 0 Å². The summed E-state index contributed by atoms with van der Waals surface area (Å²) in [5.41, 5.74) is 8.78. The minimum Gasteiger partial charge on any atom is -0.397 e. The molecule has 18 heavy (non-hydrogen) atoms. The lowest BCUT2D eigenvalue weighted by molar-refractivity contribution is 0.101. The van der Waals surface area contributed by atoms with Crippen LogP contribution in [0.3, 0.4) is 0 Å². The van der Waals surface area contributed by atoms with E-state index in [1.165, 1.54) is 0 Å². The van der Waals surface area contributed by atoms with Crippen LogP contribution in [0.25, 0.3) is 0 Å². The van der Waals surface area contributed by atoms with Crippen molar-refractivity contribution < 1.29 is 4.79 Å². The van der Waals surface area contributed by atoms with E-state index >= 15 is 0 Å². The van der Waals surface area contributed by atoms with E-state index < -0.39 is 0 Å². The summed E-state index contributed by atoms with van der Waals surface area (Å²) in [6.07, 6.45) is 2.60. The number of nitrogens with zero attached hydrogens (tertiary/aromatic N) is 1. The first-order valence-electron chi connectivity index (χ1n) is 5.93. The van der Waals surface area contributed by atoms with Gasteiger partial charge in [0, 0.05) is 18.9 Å². The molecule has 1 heterocycles. The maximum absolute atomic E-state index is 12.1. The number of nitrogens with two attached hydrogens (primary N) is 1. The highest BCUT2D eigenvalue weighted by Crippen LogP contribution is 2.17. The summed E-state index contributed by atoms with van der Waals surface area (Å²) >= 11 is 0. The van der Waals surface area contributed by atoms with Crippen molar-refractivity contribution in [2.75, 3.05) is 11.1 Å². The van der Waals surface area contributed by atoms with E-state index in [1.54, 1.807) is 23.9 Å². The van der Waals surface area contributed by atoms with E-state index in [1.807, 2.05) is 24.3 Å². The van der Waals surface area contributed by atoms with Gasteiger partial charge in [-0.1, -0.05) is 25.1 Å². The Morgan fingerprint density at radius 2 is 2.11 bits per heavy atom. The lowest BCUT2D eigenvalue weighted by Gasteiger charge is -2.09. The Hall–Kier alpha value is -2.23. The molecule has 94 valence electrons. The first kappa shape index (κ1) is 12.2. The van der Waals surface area contributed by atoms with Gasteiger partial charge < -0.3 is 15.6 Å². The van der Waals surface area contributed by atoms with E-state index in [2.05, 4.69) is 12.2 Å². The Kier molecular flexibility index (Phi) is 3.37. The van der Waals surface area contributed by atoms with Crippen LogP contribution in [0, 0.1) is 0 Å². The summed E-state index contributed by atoms with van der Waals surface area (Å²) in [5.74, 6) is -0.143. The van der Waals surface area contributed by atoms with Crippen molar-refractivity contribution in [1.29, 1.82) is 0 Å². The van der Waals surface area contributed by atoms with Crippen LogP contribution in [0.15, 0.2) is 36.5 Å². The molecule has 0 radical (unpaired) electrons. The number of rotatable bonds is 3. The van der Waals surface area contributed by atoms with Crippen molar-refractivity contribution >= 4 is 17.3 Å². The lowest BCUT2D eigenvalue weighted by atomic mass is 10.1. The smallest absolute Gasteiger partial charge is 0.272 e. The number of anilines is 2. The SMILES string of the molecule is CCc1ccccc1NC(=O)c1cc(N)cn1C. The van der Waals surface area contributed by atoms with Gasteiger partial charge in [-0.3, -0.25) is 4.79 Å². The van der Waals surface area contributed by atoms with Crippen LogP contribution in [0.1, 0.15) is 23.0 Å². The molecule has 4 heteroatoms. The summed E-state index contributed by atoms with van der Waals surface area (Å²) in [7, 11) is 1.80. The quantitative estimate of drug-likeness (QED) is 0.869. The zero-order chi connectivity index (χ0) is 13.1. The number of nitrogen functional groups attached to an aromatic ring is 1.